The second-order valence-electron chi connectivity index (χ2n) is 5.66. The molecule has 0 spiro atoms. The van der Waals surface area contributed by atoms with Gasteiger partial charge in [0.25, 0.3) is 5.91 Å². The molecule has 4 nitrogen and oxygen atoms in total. The van der Waals surface area contributed by atoms with E-state index in [-0.39, 0.29) is 5.91 Å². The number of halogens is 1. The van der Waals surface area contributed by atoms with Gasteiger partial charge < -0.3 is 10.2 Å². The molecule has 1 N–H and O–H groups in total. The standard InChI is InChI=1S/C20H18ClN3O/c1-14-17(21)9-6-10-18(14)23-20(25)19-13-16(11-12-22-19)24(2)15-7-4-3-5-8-15/h3-13H,1-2H3,(H,23,25). The van der Waals surface area contributed by atoms with Gasteiger partial charge >= 0.3 is 0 Å². The molecule has 3 aromatic rings. The summed E-state index contributed by atoms with van der Waals surface area (Å²) < 4.78 is 0. The van der Waals surface area contributed by atoms with Crippen LogP contribution in [0.3, 0.4) is 0 Å². The molecule has 0 fully saturated rings. The van der Waals surface area contributed by atoms with Gasteiger partial charge in [0.15, 0.2) is 0 Å². The highest BCUT2D eigenvalue weighted by molar-refractivity contribution is 6.31. The van der Waals surface area contributed by atoms with Gasteiger partial charge in [-0.1, -0.05) is 35.9 Å². The van der Waals surface area contributed by atoms with Crippen molar-refractivity contribution < 1.29 is 4.79 Å². The van der Waals surface area contributed by atoms with Crippen molar-refractivity contribution in [3.05, 3.63) is 83.1 Å². The molecule has 1 heterocycles. The van der Waals surface area contributed by atoms with Crippen LogP contribution in [0.4, 0.5) is 17.1 Å². The number of carbonyl (C=O) groups is 1. The highest BCUT2D eigenvalue weighted by Crippen LogP contribution is 2.25. The SMILES string of the molecule is Cc1c(Cl)cccc1NC(=O)c1cc(N(C)c2ccccc2)ccn1. The van der Waals surface area contributed by atoms with Crippen LogP contribution in [0.5, 0.6) is 0 Å². The van der Waals surface area contributed by atoms with Crippen molar-refractivity contribution in [3.63, 3.8) is 0 Å². The largest absolute Gasteiger partial charge is 0.345 e. The van der Waals surface area contributed by atoms with Gasteiger partial charge in [-0.2, -0.15) is 0 Å². The summed E-state index contributed by atoms with van der Waals surface area (Å²) in [6.45, 7) is 1.87. The summed E-state index contributed by atoms with van der Waals surface area (Å²) in [5.74, 6) is -0.270. The molecule has 1 amide bonds. The molecule has 0 saturated carbocycles. The number of benzene rings is 2. The van der Waals surface area contributed by atoms with E-state index in [1.54, 1.807) is 24.4 Å². The van der Waals surface area contributed by atoms with Crippen LogP contribution in [0.2, 0.25) is 5.02 Å². The molecule has 2 aromatic carbocycles. The number of aromatic nitrogens is 1. The van der Waals surface area contributed by atoms with Crippen LogP contribution in [0.25, 0.3) is 0 Å². The Morgan fingerprint density at radius 2 is 1.80 bits per heavy atom. The molecule has 0 aliphatic carbocycles. The average Bonchev–Trinajstić information content (AvgIpc) is 2.65. The molecule has 3 rings (SSSR count). The topological polar surface area (TPSA) is 45.2 Å². The molecular weight excluding hydrogens is 334 g/mol. The van der Waals surface area contributed by atoms with Gasteiger partial charge in [-0.3, -0.25) is 9.78 Å². The number of carbonyl (C=O) groups excluding carboxylic acids is 1. The van der Waals surface area contributed by atoms with Gasteiger partial charge in [0.05, 0.1) is 0 Å². The summed E-state index contributed by atoms with van der Waals surface area (Å²) in [5, 5.41) is 3.48. The van der Waals surface area contributed by atoms with Crippen LogP contribution < -0.4 is 10.2 Å². The lowest BCUT2D eigenvalue weighted by Crippen LogP contribution is -2.16. The third-order valence-electron chi connectivity index (χ3n) is 4.02. The lowest BCUT2D eigenvalue weighted by Gasteiger charge is -2.19. The summed E-state index contributed by atoms with van der Waals surface area (Å²) in [4.78, 5) is 18.7. The maximum atomic E-state index is 12.6. The molecule has 0 unspecified atom stereocenters. The van der Waals surface area contributed by atoms with Crippen LogP contribution >= 0.6 is 11.6 Å². The first-order valence-corrected chi connectivity index (χ1v) is 8.25. The fourth-order valence-corrected chi connectivity index (χ4v) is 2.66. The summed E-state index contributed by atoms with van der Waals surface area (Å²) in [6, 6.07) is 19.0. The van der Waals surface area contributed by atoms with Crippen molar-refractivity contribution >= 4 is 34.6 Å². The molecule has 0 bridgehead atoms. The fourth-order valence-electron chi connectivity index (χ4n) is 2.48. The number of amides is 1. The zero-order valence-corrected chi connectivity index (χ0v) is 14.8. The van der Waals surface area contributed by atoms with E-state index in [0.717, 1.165) is 16.9 Å². The highest BCUT2D eigenvalue weighted by atomic mass is 35.5. The van der Waals surface area contributed by atoms with E-state index in [1.807, 2.05) is 61.3 Å². The zero-order chi connectivity index (χ0) is 17.8. The van der Waals surface area contributed by atoms with Crippen LogP contribution in [0.1, 0.15) is 16.1 Å². The third-order valence-corrected chi connectivity index (χ3v) is 4.43. The van der Waals surface area contributed by atoms with Crippen LogP contribution in [0.15, 0.2) is 66.9 Å². The Hall–Kier alpha value is -2.85. The van der Waals surface area contributed by atoms with E-state index in [1.165, 1.54) is 0 Å². The van der Waals surface area contributed by atoms with Crippen LogP contribution in [-0.4, -0.2) is 17.9 Å². The molecule has 5 heteroatoms. The second kappa shape index (κ2) is 7.36. The fraction of sp³-hybridized carbons (Fsp3) is 0.100. The number of rotatable bonds is 4. The van der Waals surface area contributed by atoms with Crippen molar-refractivity contribution in [3.8, 4) is 0 Å². The predicted molar refractivity (Wildman–Crippen MR) is 103 cm³/mol. The first-order chi connectivity index (χ1) is 12.1. The average molecular weight is 352 g/mol. The van der Waals surface area contributed by atoms with E-state index in [2.05, 4.69) is 10.3 Å². The van der Waals surface area contributed by atoms with E-state index in [4.69, 9.17) is 11.6 Å². The molecule has 0 aliphatic heterocycles. The van der Waals surface area contributed by atoms with Crippen molar-refractivity contribution in [1.82, 2.24) is 4.98 Å². The van der Waals surface area contributed by atoms with Gasteiger partial charge in [0.1, 0.15) is 5.69 Å². The number of hydrogen-bond donors (Lipinski definition) is 1. The monoisotopic (exact) mass is 351 g/mol. The Balaban J connectivity index is 1.83. The minimum Gasteiger partial charge on any atom is -0.345 e. The van der Waals surface area contributed by atoms with E-state index >= 15 is 0 Å². The quantitative estimate of drug-likeness (QED) is 0.714. The Kier molecular flexibility index (Phi) is 5.00. The number of nitrogens with one attached hydrogen (secondary N) is 1. The van der Waals surface area contributed by atoms with Gasteiger partial charge in [0.2, 0.25) is 0 Å². The van der Waals surface area contributed by atoms with Crippen molar-refractivity contribution in [2.24, 2.45) is 0 Å². The highest BCUT2D eigenvalue weighted by Gasteiger charge is 2.12. The Labute approximate surface area is 152 Å². The van der Waals surface area contributed by atoms with Crippen LogP contribution in [0, 0.1) is 6.92 Å². The molecular formula is C20H18ClN3O. The normalized spacial score (nSPS) is 10.4. The molecule has 0 atom stereocenters. The minimum atomic E-state index is -0.270. The van der Waals surface area contributed by atoms with Gasteiger partial charge in [-0.05, 0) is 48.9 Å². The Bertz CT molecular complexity index is 896. The number of hydrogen-bond acceptors (Lipinski definition) is 3. The molecule has 1 aromatic heterocycles. The van der Waals surface area contributed by atoms with Crippen molar-refractivity contribution in [1.29, 1.82) is 0 Å². The van der Waals surface area contributed by atoms with Crippen LogP contribution in [-0.2, 0) is 0 Å². The van der Waals surface area contributed by atoms with E-state index < -0.39 is 0 Å². The summed E-state index contributed by atoms with van der Waals surface area (Å²) in [7, 11) is 1.95. The van der Waals surface area contributed by atoms with Crippen molar-refractivity contribution in [2.45, 2.75) is 6.92 Å². The first-order valence-electron chi connectivity index (χ1n) is 7.87. The summed E-state index contributed by atoms with van der Waals surface area (Å²) >= 11 is 6.10. The number of pyridine rings is 1. The molecule has 0 saturated heterocycles. The molecule has 0 radical (unpaired) electrons. The minimum absolute atomic E-state index is 0.270. The summed E-state index contributed by atoms with van der Waals surface area (Å²) in [6.07, 6.45) is 1.63. The van der Waals surface area contributed by atoms with Crippen molar-refractivity contribution in [2.75, 3.05) is 17.3 Å². The lowest BCUT2D eigenvalue weighted by atomic mass is 10.2. The number of anilines is 3. The van der Waals surface area contributed by atoms with E-state index in [0.29, 0.717) is 16.4 Å². The number of para-hydroxylation sites is 1. The van der Waals surface area contributed by atoms with Gasteiger partial charge in [-0.15, -0.1) is 0 Å². The van der Waals surface area contributed by atoms with Gasteiger partial charge in [-0.25, -0.2) is 0 Å². The Morgan fingerprint density at radius 3 is 2.56 bits per heavy atom. The third kappa shape index (κ3) is 3.80. The zero-order valence-electron chi connectivity index (χ0n) is 14.0. The summed E-state index contributed by atoms with van der Waals surface area (Å²) in [5.41, 5.74) is 3.77. The lowest BCUT2D eigenvalue weighted by molar-refractivity contribution is 0.102. The molecule has 25 heavy (non-hydrogen) atoms. The molecule has 0 aliphatic rings. The Morgan fingerprint density at radius 1 is 1.04 bits per heavy atom. The molecule has 126 valence electrons. The predicted octanol–water partition coefficient (Wildman–Crippen LogP) is 5.06. The van der Waals surface area contributed by atoms with Gasteiger partial charge in [0, 0.05) is 35.3 Å². The maximum absolute atomic E-state index is 12.6. The maximum Gasteiger partial charge on any atom is 0.274 e. The number of nitrogens with zero attached hydrogens (tertiary/aromatic N) is 2. The van der Waals surface area contributed by atoms with E-state index in [9.17, 15) is 4.79 Å². The first kappa shape index (κ1) is 17.0. The second-order valence-corrected chi connectivity index (χ2v) is 6.07. The smallest absolute Gasteiger partial charge is 0.274 e.